The smallest absolute Gasteiger partial charge is 0.262 e. The Hall–Kier alpha value is -3.99. The van der Waals surface area contributed by atoms with E-state index in [1.807, 2.05) is 23.7 Å². The quantitative estimate of drug-likeness (QED) is 0.289. The molecule has 0 fully saturated rings. The maximum absolute atomic E-state index is 14.1. The molecule has 0 radical (unpaired) electrons. The van der Waals surface area contributed by atoms with E-state index in [0.29, 0.717) is 30.6 Å². The Kier molecular flexibility index (Phi) is 7.74. The van der Waals surface area contributed by atoms with Crippen molar-refractivity contribution in [1.29, 1.82) is 5.26 Å². The van der Waals surface area contributed by atoms with Crippen LogP contribution in [0.1, 0.15) is 29.3 Å². The number of nitriles is 1. The van der Waals surface area contributed by atoms with E-state index in [9.17, 15) is 22.1 Å². The van der Waals surface area contributed by atoms with Crippen molar-refractivity contribution in [3.63, 3.8) is 0 Å². The van der Waals surface area contributed by atoms with Crippen LogP contribution in [0.15, 0.2) is 77.4 Å². The van der Waals surface area contributed by atoms with Crippen molar-refractivity contribution in [3.05, 3.63) is 89.9 Å². The van der Waals surface area contributed by atoms with Gasteiger partial charge < -0.3 is 14.0 Å². The first kappa shape index (κ1) is 28.5. The van der Waals surface area contributed by atoms with Crippen molar-refractivity contribution >= 4 is 25.5 Å². The normalized spacial score (nSPS) is 15.6. The van der Waals surface area contributed by atoms with Crippen LogP contribution in [0, 0.1) is 11.3 Å². The number of anilines is 1. The zero-order chi connectivity index (χ0) is 29.4. The number of hydrogen-bond donors (Lipinski definition) is 0. The predicted molar refractivity (Wildman–Crippen MR) is 153 cm³/mol. The van der Waals surface area contributed by atoms with Crippen LogP contribution in [0.3, 0.4) is 0 Å². The third-order valence-electron chi connectivity index (χ3n) is 7.37. The molecule has 4 aromatic rings. The van der Waals surface area contributed by atoms with Gasteiger partial charge in [0.25, 0.3) is 10.0 Å². The third-order valence-corrected chi connectivity index (χ3v) is 10.9. The molecule has 0 N–H and O–H groups in total. The highest BCUT2D eigenvalue weighted by molar-refractivity contribution is 7.91. The van der Waals surface area contributed by atoms with E-state index in [4.69, 9.17) is 0 Å². The van der Waals surface area contributed by atoms with Crippen LogP contribution in [-0.4, -0.2) is 58.6 Å². The van der Waals surface area contributed by atoms with Gasteiger partial charge in [-0.15, -0.1) is 0 Å². The predicted octanol–water partition coefficient (Wildman–Crippen LogP) is 2.64. The maximum atomic E-state index is 14.1. The fraction of sp³-hybridized carbons (Fsp3) is 0.321. The summed E-state index contributed by atoms with van der Waals surface area (Å²) in [6.45, 7) is 2.48. The van der Waals surface area contributed by atoms with E-state index in [1.165, 1.54) is 29.0 Å². The van der Waals surface area contributed by atoms with E-state index >= 15 is 0 Å². The Morgan fingerprint density at radius 1 is 1.07 bits per heavy atom. The average molecular weight is 594 g/mol. The minimum Gasteiger partial charge on any atom is -0.364 e. The van der Waals surface area contributed by atoms with Crippen LogP contribution in [0.2, 0.25) is 0 Å². The first-order valence-corrected chi connectivity index (χ1v) is 16.2. The second kappa shape index (κ2) is 11.1. The average Bonchev–Trinajstić information content (AvgIpc) is 3.59. The molecular weight excluding hydrogens is 562 g/mol. The van der Waals surface area contributed by atoms with E-state index in [-0.39, 0.29) is 22.2 Å². The molecule has 0 aliphatic carbocycles. The van der Waals surface area contributed by atoms with Gasteiger partial charge in [0.05, 0.1) is 47.2 Å². The maximum Gasteiger partial charge on any atom is 0.262 e. The van der Waals surface area contributed by atoms with E-state index in [1.54, 1.807) is 49.3 Å². The molecule has 0 saturated heterocycles. The van der Waals surface area contributed by atoms with Gasteiger partial charge in [-0.2, -0.15) is 9.57 Å². The number of benzene rings is 2. The summed E-state index contributed by atoms with van der Waals surface area (Å²) in [4.78, 5) is 10.7. The number of sulfonamides is 1. The van der Waals surface area contributed by atoms with Gasteiger partial charge in [-0.05, 0) is 47.9 Å². The lowest BCUT2D eigenvalue weighted by Crippen LogP contribution is -2.50. The first-order valence-electron chi connectivity index (χ1n) is 13.1. The number of aromatic nitrogens is 4. The molecule has 0 saturated carbocycles. The molecule has 1 atom stereocenters. The number of rotatable bonds is 9. The molecule has 0 bridgehead atoms. The Bertz CT molecular complexity index is 1820. The summed E-state index contributed by atoms with van der Waals surface area (Å²) in [5, 5.41) is 9.49. The Balaban J connectivity index is 1.57. The molecule has 3 heterocycles. The molecular formula is C28H31N7O4S2. The van der Waals surface area contributed by atoms with Gasteiger partial charge in [0, 0.05) is 51.3 Å². The molecule has 11 nitrogen and oxygen atoms in total. The summed E-state index contributed by atoms with van der Waals surface area (Å²) in [6, 6.07) is 13.5. The Morgan fingerprint density at radius 3 is 2.44 bits per heavy atom. The topological polar surface area (TPSA) is 134 Å². The highest BCUT2D eigenvalue weighted by atomic mass is 32.2. The van der Waals surface area contributed by atoms with Gasteiger partial charge in [-0.1, -0.05) is 19.1 Å². The third kappa shape index (κ3) is 5.76. The molecule has 0 spiro atoms. The second-order valence-electron chi connectivity index (χ2n) is 10.2. The van der Waals surface area contributed by atoms with Gasteiger partial charge >= 0.3 is 0 Å². The summed E-state index contributed by atoms with van der Waals surface area (Å²) < 4.78 is 57.8. The lowest BCUT2D eigenvalue weighted by Gasteiger charge is -2.40. The van der Waals surface area contributed by atoms with Crippen LogP contribution >= 0.6 is 0 Å². The molecule has 2 aromatic heterocycles. The lowest BCUT2D eigenvalue weighted by molar-refractivity contribution is 0.301. The molecule has 2 aromatic carbocycles. The fourth-order valence-electron chi connectivity index (χ4n) is 5.07. The highest BCUT2D eigenvalue weighted by Crippen LogP contribution is 2.34. The highest BCUT2D eigenvalue weighted by Gasteiger charge is 2.37. The largest absolute Gasteiger partial charge is 0.364 e. The van der Waals surface area contributed by atoms with Crippen LogP contribution in [-0.2, 0) is 53.5 Å². The van der Waals surface area contributed by atoms with Crippen molar-refractivity contribution in [2.75, 3.05) is 17.2 Å². The van der Waals surface area contributed by atoms with E-state index in [0.717, 1.165) is 16.9 Å². The zero-order valence-electron chi connectivity index (χ0n) is 23.0. The van der Waals surface area contributed by atoms with Crippen LogP contribution < -0.4 is 4.90 Å². The molecule has 13 heteroatoms. The second-order valence-corrected chi connectivity index (χ2v) is 14.3. The molecule has 0 amide bonds. The van der Waals surface area contributed by atoms with Crippen molar-refractivity contribution in [1.82, 2.24) is 23.4 Å². The van der Waals surface area contributed by atoms with Gasteiger partial charge in [0.2, 0.25) is 0 Å². The Labute approximate surface area is 240 Å². The van der Waals surface area contributed by atoms with Crippen LogP contribution in [0.5, 0.6) is 0 Å². The number of nitrogens with zero attached hydrogens (tertiary/aromatic N) is 7. The lowest BCUT2D eigenvalue weighted by atomic mass is 9.95. The molecule has 1 aliphatic rings. The zero-order valence-corrected chi connectivity index (χ0v) is 24.7. The van der Waals surface area contributed by atoms with Gasteiger partial charge in [-0.3, -0.25) is 0 Å². The molecule has 41 heavy (non-hydrogen) atoms. The minimum absolute atomic E-state index is 0.0167. The molecule has 214 valence electrons. The summed E-state index contributed by atoms with van der Waals surface area (Å²) in [5.41, 5.74) is 3.90. The van der Waals surface area contributed by atoms with Gasteiger partial charge in [0.15, 0.2) is 14.9 Å². The minimum atomic E-state index is -4.06. The first-order chi connectivity index (χ1) is 19.5. The Morgan fingerprint density at radius 2 is 1.83 bits per heavy atom. The number of imidazole rings is 2. The molecule has 1 aliphatic heterocycles. The molecule has 5 rings (SSSR count). The standard InChI is InChI=1S/C28H31N7O4S2/c1-4-40(36,37)26-8-5-21(6-9-26)15-35(41(38,39)28-18-32(2)20-31-28)24-12-23-11-22(13-29)7-10-27(23)34(16-24)17-25-14-30-19-33(25)3/h5-11,14,18-20,24H,4,12,15-17H2,1-3H3. The summed E-state index contributed by atoms with van der Waals surface area (Å²) in [6.07, 6.45) is 6.80. The fourth-order valence-corrected chi connectivity index (χ4v) is 7.53. The SMILES string of the molecule is CCS(=O)(=O)c1ccc(CN(C2Cc3cc(C#N)ccc3N(Cc3cncn3C)C2)S(=O)(=O)c2cn(C)cn2)cc1. The number of aryl methyl sites for hydroxylation is 2. The summed E-state index contributed by atoms with van der Waals surface area (Å²) >= 11 is 0. The monoisotopic (exact) mass is 593 g/mol. The number of hydrogen-bond acceptors (Lipinski definition) is 8. The number of sulfone groups is 1. The van der Waals surface area contributed by atoms with Crippen molar-refractivity contribution in [2.24, 2.45) is 14.1 Å². The van der Waals surface area contributed by atoms with Crippen LogP contribution in [0.25, 0.3) is 0 Å². The summed E-state index contributed by atoms with van der Waals surface area (Å²) in [7, 11) is -3.84. The summed E-state index contributed by atoms with van der Waals surface area (Å²) in [5.74, 6) is -0.0226. The number of fused-ring (bicyclic) bond motifs is 1. The van der Waals surface area contributed by atoms with Crippen molar-refractivity contribution in [2.45, 2.75) is 42.4 Å². The van der Waals surface area contributed by atoms with Crippen molar-refractivity contribution in [3.8, 4) is 6.07 Å². The van der Waals surface area contributed by atoms with Crippen molar-refractivity contribution < 1.29 is 16.8 Å². The van der Waals surface area contributed by atoms with E-state index in [2.05, 4.69) is 20.9 Å². The van der Waals surface area contributed by atoms with Gasteiger partial charge in [0.1, 0.15) is 0 Å². The molecule has 1 unspecified atom stereocenters. The van der Waals surface area contributed by atoms with Crippen LogP contribution in [0.4, 0.5) is 5.69 Å². The van der Waals surface area contributed by atoms with E-state index < -0.39 is 25.9 Å². The van der Waals surface area contributed by atoms with Gasteiger partial charge in [-0.25, -0.2) is 26.8 Å².